The summed E-state index contributed by atoms with van der Waals surface area (Å²) in [5, 5.41) is 2.14. The first kappa shape index (κ1) is 32.1. The van der Waals surface area contributed by atoms with Gasteiger partial charge >= 0.3 is 0 Å². The van der Waals surface area contributed by atoms with Gasteiger partial charge in [-0.25, -0.2) is 24.9 Å². The van der Waals surface area contributed by atoms with Gasteiger partial charge in [0.2, 0.25) is 0 Å². The Hall–Kier alpha value is -7.57. The van der Waals surface area contributed by atoms with Gasteiger partial charge in [0.1, 0.15) is 11.2 Å². The Kier molecular flexibility index (Phi) is 8.04. The van der Waals surface area contributed by atoms with Gasteiger partial charge in [0.15, 0.2) is 23.3 Å². The molecule has 0 spiro atoms. The third-order valence-corrected chi connectivity index (χ3v) is 9.74. The van der Waals surface area contributed by atoms with E-state index in [1.54, 1.807) is 0 Å². The summed E-state index contributed by atoms with van der Waals surface area (Å²) in [6, 6.07) is 63.5. The van der Waals surface area contributed by atoms with Crippen molar-refractivity contribution in [3.05, 3.63) is 188 Å². The Balaban J connectivity index is 1.06. The van der Waals surface area contributed by atoms with E-state index in [1.807, 2.05) is 103 Å². The van der Waals surface area contributed by atoms with E-state index < -0.39 is 0 Å². The smallest absolute Gasteiger partial charge is 0.164 e. The Morgan fingerprint density at radius 3 is 1.25 bits per heavy atom. The number of fused-ring (bicyclic) bond motifs is 3. The molecule has 0 aliphatic heterocycles. The van der Waals surface area contributed by atoms with E-state index in [9.17, 15) is 0 Å². The minimum atomic E-state index is 0.572. The quantitative estimate of drug-likeness (QED) is 0.164. The molecule has 0 saturated carbocycles. The van der Waals surface area contributed by atoms with Crippen molar-refractivity contribution >= 4 is 21.9 Å². The van der Waals surface area contributed by atoms with Gasteiger partial charge in [-0.2, -0.15) is 0 Å². The van der Waals surface area contributed by atoms with Crippen molar-refractivity contribution in [3.8, 4) is 79.2 Å². The number of hydrogen-bond donors (Lipinski definition) is 0. The van der Waals surface area contributed by atoms with E-state index in [4.69, 9.17) is 29.3 Å². The molecule has 0 fully saturated rings. The summed E-state index contributed by atoms with van der Waals surface area (Å²) in [6.45, 7) is 0. The van der Waals surface area contributed by atoms with Crippen LogP contribution in [0.2, 0.25) is 0 Å². The SMILES string of the molecule is c1ccc(-c2cc(-c3ccccc3)nc(-c3cccc(-c4cccc(-c5nc(-c6ccccc6)nc(-c6ccc7c(c6)oc6ccccc67)n5)c4)c3)n2)cc1. The van der Waals surface area contributed by atoms with Gasteiger partial charge in [0.25, 0.3) is 0 Å². The van der Waals surface area contributed by atoms with Crippen molar-refractivity contribution in [3.63, 3.8) is 0 Å². The summed E-state index contributed by atoms with van der Waals surface area (Å²) in [5.74, 6) is 2.41. The van der Waals surface area contributed by atoms with Crippen LogP contribution in [0, 0.1) is 0 Å². The Morgan fingerprint density at radius 2 is 0.673 bits per heavy atom. The molecular weight excluding hydrogens is 675 g/mol. The number of nitrogens with zero attached hydrogens (tertiary/aromatic N) is 5. The predicted molar refractivity (Wildman–Crippen MR) is 221 cm³/mol. The predicted octanol–water partition coefficient (Wildman–Crippen LogP) is 12.2. The number of benzene rings is 7. The summed E-state index contributed by atoms with van der Waals surface area (Å²) >= 11 is 0. The molecule has 0 atom stereocenters. The van der Waals surface area contributed by atoms with Crippen molar-refractivity contribution in [2.24, 2.45) is 0 Å². The summed E-state index contributed by atoms with van der Waals surface area (Å²) in [7, 11) is 0. The topological polar surface area (TPSA) is 77.6 Å². The first-order valence-corrected chi connectivity index (χ1v) is 18.2. The third kappa shape index (κ3) is 6.32. The lowest BCUT2D eigenvalue weighted by Gasteiger charge is -2.11. The fourth-order valence-corrected chi connectivity index (χ4v) is 6.98. The molecule has 6 nitrogen and oxygen atoms in total. The van der Waals surface area contributed by atoms with Crippen LogP contribution in [-0.2, 0) is 0 Å². The summed E-state index contributed by atoms with van der Waals surface area (Å²) in [5.41, 5.74) is 11.1. The van der Waals surface area contributed by atoms with Gasteiger partial charge in [-0.15, -0.1) is 0 Å². The van der Waals surface area contributed by atoms with E-state index >= 15 is 0 Å². The zero-order valence-corrected chi connectivity index (χ0v) is 29.5. The molecule has 0 bridgehead atoms. The second-order valence-corrected chi connectivity index (χ2v) is 13.3. The molecule has 10 aromatic rings. The Morgan fingerprint density at radius 1 is 0.255 bits per heavy atom. The molecule has 0 N–H and O–H groups in total. The molecule has 10 rings (SSSR count). The zero-order chi connectivity index (χ0) is 36.6. The van der Waals surface area contributed by atoms with Gasteiger partial charge in [0.05, 0.1) is 11.4 Å². The van der Waals surface area contributed by atoms with Crippen molar-refractivity contribution in [2.45, 2.75) is 0 Å². The van der Waals surface area contributed by atoms with E-state index in [-0.39, 0.29) is 0 Å². The lowest BCUT2D eigenvalue weighted by molar-refractivity contribution is 0.669. The van der Waals surface area contributed by atoms with Gasteiger partial charge in [0, 0.05) is 44.2 Å². The van der Waals surface area contributed by atoms with Crippen LogP contribution in [0.3, 0.4) is 0 Å². The number of aromatic nitrogens is 5. The monoisotopic (exact) mass is 705 g/mol. The number of para-hydroxylation sites is 1. The van der Waals surface area contributed by atoms with E-state index in [2.05, 4.69) is 84.9 Å². The third-order valence-electron chi connectivity index (χ3n) is 9.74. The molecule has 0 radical (unpaired) electrons. The van der Waals surface area contributed by atoms with Gasteiger partial charge < -0.3 is 4.42 Å². The highest BCUT2D eigenvalue weighted by Gasteiger charge is 2.16. The van der Waals surface area contributed by atoms with Crippen LogP contribution >= 0.6 is 0 Å². The normalized spacial score (nSPS) is 11.3. The first-order valence-electron chi connectivity index (χ1n) is 18.2. The van der Waals surface area contributed by atoms with Gasteiger partial charge in [-0.3, -0.25) is 0 Å². The maximum Gasteiger partial charge on any atom is 0.164 e. The highest BCUT2D eigenvalue weighted by Crippen LogP contribution is 2.34. The lowest BCUT2D eigenvalue weighted by atomic mass is 10.00. The number of hydrogen-bond acceptors (Lipinski definition) is 6. The molecule has 0 aliphatic rings. The van der Waals surface area contributed by atoms with Crippen LogP contribution in [-0.4, -0.2) is 24.9 Å². The molecule has 3 heterocycles. The highest BCUT2D eigenvalue weighted by molar-refractivity contribution is 6.05. The van der Waals surface area contributed by atoms with Crippen molar-refractivity contribution in [1.29, 1.82) is 0 Å². The molecule has 0 saturated heterocycles. The molecule has 7 aromatic carbocycles. The molecule has 3 aromatic heterocycles. The van der Waals surface area contributed by atoms with Gasteiger partial charge in [-0.05, 0) is 47.5 Å². The van der Waals surface area contributed by atoms with Crippen LogP contribution < -0.4 is 0 Å². The van der Waals surface area contributed by atoms with E-state index in [0.717, 1.165) is 77.8 Å². The largest absolute Gasteiger partial charge is 0.456 e. The molecule has 0 amide bonds. The van der Waals surface area contributed by atoms with Crippen LogP contribution in [0.4, 0.5) is 0 Å². The fourth-order valence-electron chi connectivity index (χ4n) is 6.98. The van der Waals surface area contributed by atoms with Crippen LogP contribution in [0.15, 0.2) is 192 Å². The van der Waals surface area contributed by atoms with E-state index in [0.29, 0.717) is 23.3 Å². The lowest BCUT2D eigenvalue weighted by Crippen LogP contribution is -2.00. The molecule has 0 aliphatic carbocycles. The summed E-state index contributed by atoms with van der Waals surface area (Å²) in [6.07, 6.45) is 0. The average Bonchev–Trinajstić information content (AvgIpc) is 3.65. The molecule has 55 heavy (non-hydrogen) atoms. The molecule has 0 unspecified atom stereocenters. The number of furan rings is 1. The number of rotatable bonds is 7. The van der Waals surface area contributed by atoms with Crippen molar-refractivity contribution < 1.29 is 4.42 Å². The van der Waals surface area contributed by atoms with Gasteiger partial charge in [-0.1, -0.05) is 152 Å². The summed E-state index contributed by atoms with van der Waals surface area (Å²) < 4.78 is 6.23. The first-order chi connectivity index (χ1) is 27.2. The maximum atomic E-state index is 6.23. The van der Waals surface area contributed by atoms with Crippen LogP contribution in [0.5, 0.6) is 0 Å². The Bertz CT molecular complexity index is 2920. The molecule has 6 heteroatoms. The molecule has 258 valence electrons. The standard InChI is InChI=1S/C49H31N5O/c1-4-14-32(15-5-1)42-31-43(33-16-6-2-7-17-33)51-47(50-42)37-22-12-20-35(28-37)36-21-13-23-38(29-36)48-52-46(34-18-8-3-9-19-34)53-49(54-48)39-26-27-41-40-24-10-11-25-44(40)55-45(41)30-39/h1-31H. The molecular formula is C49H31N5O. The summed E-state index contributed by atoms with van der Waals surface area (Å²) in [4.78, 5) is 25.2. The van der Waals surface area contributed by atoms with Crippen LogP contribution in [0.1, 0.15) is 0 Å². The van der Waals surface area contributed by atoms with E-state index in [1.165, 1.54) is 0 Å². The highest BCUT2D eigenvalue weighted by atomic mass is 16.3. The zero-order valence-electron chi connectivity index (χ0n) is 29.5. The van der Waals surface area contributed by atoms with Crippen LogP contribution in [0.25, 0.3) is 101 Å². The Labute approximate surface area is 317 Å². The van der Waals surface area contributed by atoms with Crippen molar-refractivity contribution in [1.82, 2.24) is 24.9 Å². The van der Waals surface area contributed by atoms with Crippen molar-refractivity contribution in [2.75, 3.05) is 0 Å². The minimum absolute atomic E-state index is 0.572. The minimum Gasteiger partial charge on any atom is -0.456 e. The second kappa shape index (κ2) is 13.8. The fraction of sp³-hybridized carbons (Fsp3) is 0. The average molecular weight is 706 g/mol. The maximum absolute atomic E-state index is 6.23. The second-order valence-electron chi connectivity index (χ2n) is 13.3.